The first-order chi connectivity index (χ1) is 11.9. The summed E-state index contributed by atoms with van der Waals surface area (Å²) in [4.78, 5) is -0.162. The van der Waals surface area contributed by atoms with E-state index in [2.05, 4.69) is 0 Å². The minimum Gasteiger partial charge on any atom is -0.277 e. The molecule has 0 amide bonds. The van der Waals surface area contributed by atoms with Crippen LogP contribution in [0.2, 0.25) is 0 Å². The molecule has 0 saturated heterocycles. The highest BCUT2D eigenvalue weighted by atomic mass is 32.2. The molecule has 0 aliphatic heterocycles. The van der Waals surface area contributed by atoms with Gasteiger partial charge < -0.3 is 0 Å². The molecule has 2 aromatic rings. The number of hydrogen-bond donors (Lipinski definition) is 1. The number of sulfonamides is 1. The van der Waals surface area contributed by atoms with Crippen LogP contribution in [0.25, 0.3) is 0 Å². The van der Waals surface area contributed by atoms with E-state index in [4.69, 9.17) is 0 Å². The van der Waals surface area contributed by atoms with E-state index in [0.717, 1.165) is 24.1 Å². The third kappa shape index (κ3) is 4.17. The molecule has 0 heterocycles. The van der Waals surface area contributed by atoms with Gasteiger partial charge in [-0.25, -0.2) is 12.8 Å². The molecule has 0 aromatic heterocycles. The van der Waals surface area contributed by atoms with Crippen LogP contribution >= 0.6 is 0 Å². The first kappa shape index (κ1) is 20.2. The standard InChI is InChI=1S/C18H19F4NO2S/c1-4-17(2,3)12-8-10-13(11-9-12)26(24,25)23-15-7-5-6-14(16(15)19)18(20,21)22/h5-11,23H,4H2,1-3H3. The average Bonchev–Trinajstić information content (AvgIpc) is 2.55. The highest BCUT2D eigenvalue weighted by Gasteiger charge is 2.35. The molecule has 0 saturated carbocycles. The maximum absolute atomic E-state index is 14.0. The van der Waals surface area contributed by atoms with Gasteiger partial charge in [-0.1, -0.05) is 39.0 Å². The van der Waals surface area contributed by atoms with Crippen LogP contribution in [0.4, 0.5) is 23.2 Å². The van der Waals surface area contributed by atoms with Gasteiger partial charge in [0.05, 0.1) is 16.1 Å². The van der Waals surface area contributed by atoms with E-state index in [1.165, 1.54) is 12.1 Å². The summed E-state index contributed by atoms with van der Waals surface area (Å²) < 4.78 is 79.0. The predicted octanol–water partition coefficient (Wildman–Crippen LogP) is 5.33. The van der Waals surface area contributed by atoms with E-state index < -0.39 is 33.3 Å². The van der Waals surface area contributed by atoms with Crippen molar-refractivity contribution >= 4 is 15.7 Å². The van der Waals surface area contributed by atoms with Crippen molar-refractivity contribution in [2.24, 2.45) is 0 Å². The van der Waals surface area contributed by atoms with Crippen molar-refractivity contribution in [3.8, 4) is 0 Å². The zero-order valence-electron chi connectivity index (χ0n) is 14.5. The minimum atomic E-state index is -4.92. The molecular weight excluding hydrogens is 370 g/mol. The van der Waals surface area contributed by atoms with Crippen molar-refractivity contribution in [2.75, 3.05) is 4.72 Å². The van der Waals surface area contributed by atoms with Crippen LogP contribution in [-0.4, -0.2) is 8.42 Å². The van der Waals surface area contributed by atoms with Gasteiger partial charge in [-0.15, -0.1) is 0 Å². The molecule has 0 atom stereocenters. The first-order valence-electron chi connectivity index (χ1n) is 7.87. The normalized spacial score (nSPS) is 12.9. The van der Waals surface area contributed by atoms with Crippen LogP contribution in [0.1, 0.15) is 38.3 Å². The number of hydrogen-bond acceptors (Lipinski definition) is 2. The maximum atomic E-state index is 14.0. The maximum Gasteiger partial charge on any atom is 0.419 e. The number of nitrogens with one attached hydrogen (secondary N) is 1. The number of benzene rings is 2. The molecule has 8 heteroatoms. The zero-order chi connectivity index (χ0) is 19.8. The van der Waals surface area contributed by atoms with Gasteiger partial charge in [-0.2, -0.15) is 13.2 Å². The van der Waals surface area contributed by atoms with Crippen molar-refractivity contribution in [1.29, 1.82) is 0 Å². The minimum absolute atomic E-state index is 0.150. The molecule has 0 aliphatic rings. The van der Waals surface area contributed by atoms with E-state index >= 15 is 0 Å². The van der Waals surface area contributed by atoms with E-state index in [1.807, 2.05) is 25.5 Å². The summed E-state index contributed by atoms with van der Waals surface area (Å²) in [6.45, 7) is 6.02. The van der Waals surface area contributed by atoms with Gasteiger partial charge in [0.15, 0.2) is 5.82 Å². The van der Waals surface area contributed by atoms with Crippen LogP contribution in [0, 0.1) is 5.82 Å². The smallest absolute Gasteiger partial charge is 0.277 e. The predicted molar refractivity (Wildman–Crippen MR) is 92.0 cm³/mol. The van der Waals surface area contributed by atoms with Crippen LogP contribution in [0.15, 0.2) is 47.4 Å². The number of rotatable bonds is 5. The highest BCUT2D eigenvalue weighted by Crippen LogP contribution is 2.34. The quantitative estimate of drug-likeness (QED) is 0.703. The molecule has 0 radical (unpaired) electrons. The zero-order valence-corrected chi connectivity index (χ0v) is 15.3. The van der Waals surface area contributed by atoms with Gasteiger partial charge in [-0.3, -0.25) is 4.72 Å². The van der Waals surface area contributed by atoms with E-state index in [1.54, 1.807) is 12.1 Å². The average molecular weight is 389 g/mol. The Morgan fingerprint density at radius 3 is 2.08 bits per heavy atom. The Labute approximate surface area is 150 Å². The molecule has 0 aliphatic carbocycles. The van der Waals surface area contributed by atoms with Crippen LogP contribution in [0.5, 0.6) is 0 Å². The summed E-state index contributed by atoms with van der Waals surface area (Å²) in [5.41, 5.74) is -1.51. The first-order valence-corrected chi connectivity index (χ1v) is 9.36. The Bertz CT molecular complexity index is 888. The second-order valence-corrected chi connectivity index (χ2v) is 8.21. The Balaban J connectivity index is 2.36. The Kier molecular flexibility index (Phi) is 5.37. The Hall–Kier alpha value is -2.09. The summed E-state index contributed by atoms with van der Waals surface area (Å²) in [5.74, 6) is -1.66. The van der Waals surface area contributed by atoms with Crippen molar-refractivity contribution in [1.82, 2.24) is 0 Å². The molecule has 3 nitrogen and oxygen atoms in total. The van der Waals surface area contributed by atoms with Crippen molar-refractivity contribution in [3.05, 3.63) is 59.4 Å². The van der Waals surface area contributed by atoms with Crippen LogP contribution in [0.3, 0.4) is 0 Å². The fourth-order valence-corrected chi connectivity index (χ4v) is 3.38. The van der Waals surface area contributed by atoms with E-state index in [9.17, 15) is 26.0 Å². The lowest BCUT2D eigenvalue weighted by atomic mass is 9.82. The molecule has 0 bridgehead atoms. The molecular formula is C18H19F4NO2S. The van der Waals surface area contributed by atoms with E-state index in [-0.39, 0.29) is 10.3 Å². The SMILES string of the molecule is CCC(C)(C)c1ccc(S(=O)(=O)Nc2cccc(C(F)(F)F)c2F)cc1. The van der Waals surface area contributed by atoms with Gasteiger partial charge in [0.2, 0.25) is 0 Å². The topological polar surface area (TPSA) is 46.2 Å². The lowest BCUT2D eigenvalue weighted by Crippen LogP contribution is -2.18. The van der Waals surface area contributed by atoms with E-state index in [0.29, 0.717) is 6.07 Å². The third-order valence-electron chi connectivity index (χ3n) is 4.38. The molecule has 142 valence electrons. The van der Waals surface area contributed by atoms with Gasteiger partial charge in [0.25, 0.3) is 10.0 Å². The second kappa shape index (κ2) is 6.90. The molecule has 2 rings (SSSR count). The van der Waals surface area contributed by atoms with Gasteiger partial charge >= 0.3 is 6.18 Å². The second-order valence-electron chi connectivity index (χ2n) is 6.53. The summed E-state index contributed by atoms with van der Waals surface area (Å²) >= 11 is 0. The molecule has 1 N–H and O–H groups in total. The summed E-state index contributed by atoms with van der Waals surface area (Å²) in [7, 11) is -4.22. The van der Waals surface area contributed by atoms with Gasteiger partial charge in [-0.05, 0) is 41.7 Å². The molecule has 0 fully saturated rings. The largest absolute Gasteiger partial charge is 0.419 e. The van der Waals surface area contributed by atoms with Crippen molar-refractivity contribution < 1.29 is 26.0 Å². The number of anilines is 1. The Morgan fingerprint density at radius 2 is 1.58 bits per heavy atom. The van der Waals surface area contributed by atoms with Crippen molar-refractivity contribution in [2.45, 2.75) is 43.7 Å². The summed E-state index contributed by atoms with van der Waals surface area (Å²) in [5, 5.41) is 0. The fourth-order valence-electron chi connectivity index (χ4n) is 2.32. The third-order valence-corrected chi connectivity index (χ3v) is 5.76. The number of alkyl halides is 3. The number of halogens is 4. The summed E-state index contributed by atoms with van der Waals surface area (Å²) in [6, 6.07) is 8.41. The fraction of sp³-hybridized carbons (Fsp3) is 0.333. The lowest BCUT2D eigenvalue weighted by Gasteiger charge is -2.23. The lowest BCUT2D eigenvalue weighted by molar-refractivity contribution is -0.139. The van der Waals surface area contributed by atoms with Crippen LogP contribution in [-0.2, 0) is 21.6 Å². The van der Waals surface area contributed by atoms with Gasteiger partial charge in [0, 0.05) is 0 Å². The molecule has 0 unspecified atom stereocenters. The monoisotopic (exact) mass is 389 g/mol. The molecule has 0 spiro atoms. The van der Waals surface area contributed by atoms with Crippen LogP contribution < -0.4 is 4.72 Å². The molecule has 2 aromatic carbocycles. The summed E-state index contributed by atoms with van der Waals surface area (Å²) in [6.07, 6.45) is -4.08. The van der Waals surface area contributed by atoms with Crippen molar-refractivity contribution in [3.63, 3.8) is 0 Å². The highest BCUT2D eigenvalue weighted by molar-refractivity contribution is 7.92. The Morgan fingerprint density at radius 1 is 1.00 bits per heavy atom. The molecule has 26 heavy (non-hydrogen) atoms. The van der Waals surface area contributed by atoms with Gasteiger partial charge in [0.1, 0.15) is 0 Å².